The van der Waals surface area contributed by atoms with Gasteiger partial charge >= 0.3 is 0 Å². The Labute approximate surface area is 134 Å². The van der Waals surface area contributed by atoms with Crippen LogP contribution in [0.15, 0.2) is 23.1 Å². The highest BCUT2D eigenvalue weighted by Crippen LogP contribution is 2.31. The molecule has 0 aromatic carbocycles. The lowest BCUT2D eigenvalue weighted by molar-refractivity contribution is 0.111. The van der Waals surface area contributed by atoms with Gasteiger partial charge in [-0.25, -0.2) is 4.98 Å². The van der Waals surface area contributed by atoms with E-state index >= 15 is 0 Å². The molecule has 0 radical (unpaired) electrons. The largest absolute Gasteiger partial charge is 0.371 e. The van der Waals surface area contributed by atoms with E-state index in [0.29, 0.717) is 6.54 Å². The third kappa shape index (κ3) is 3.29. The van der Waals surface area contributed by atoms with Crippen molar-refractivity contribution < 1.29 is 4.74 Å². The Balaban J connectivity index is 1.57. The highest BCUT2D eigenvalue weighted by molar-refractivity contribution is 7.11. The molecule has 2 aromatic rings. The fourth-order valence-corrected chi connectivity index (χ4v) is 3.53. The molecule has 6 heteroatoms. The Bertz CT molecular complexity index is 702. The first-order chi connectivity index (χ1) is 10.6. The van der Waals surface area contributed by atoms with Gasteiger partial charge in [0.15, 0.2) is 0 Å². The first-order valence-electron chi connectivity index (χ1n) is 7.57. The van der Waals surface area contributed by atoms with Crippen molar-refractivity contribution in [3.05, 3.63) is 49.8 Å². The number of hydrogen-bond donors (Lipinski definition) is 1. The van der Waals surface area contributed by atoms with Gasteiger partial charge in [0.2, 0.25) is 0 Å². The molecule has 1 unspecified atom stereocenters. The van der Waals surface area contributed by atoms with Crippen molar-refractivity contribution in [1.29, 1.82) is 0 Å². The Morgan fingerprint density at radius 1 is 1.45 bits per heavy atom. The third-order valence-electron chi connectivity index (χ3n) is 4.03. The van der Waals surface area contributed by atoms with Crippen LogP contribution in [0.5, 0.6) is 0 Å². The lowest BCUT2D eigenvalue weighted by Gasteiger charge is -2.07. The molecular formula is C16H21N3O2S. The quantitative estimate of drug-likeness (QED) is 0.919. The van der Waals surface area contributed by atoms with E-state index in [4.69, 9.17) is 4.74 Å². The fraction of sp³-hybridized carbons (Fsp3) is 0.500. The van der Waals surface area contributed by atoms with E-state index < -0.39 is 0 Å². The van der Waals surface area contributed by atoms with Crippen molar-refractivity contribution in [3.63, 3.8) is 0 Å². The van der Waals surface area contributed by atoms with Crippen molar-refractivity contribution in [1.82, 2.24) is 14.9 Å². The van der Waals surface area contributed by atoms with E-state index in [9.17, 15) is 4.79 Å². The first kappa shape index (κ1) is 15.4. The summed E-state index contributed by atoms with van der Waals surface area (Å²) in [5, 5.41) is 4.40. The summed E-state index contributed by atoms with van der Waals surface area (Å²) in [6.45, 7) is 4.07. The van der Waals surface area contributed by atoms with Crippen molar-refractivity contribution >= 4 is 11.3 Å². The van der Waals surface area contributed by atoms with Crippen molar-refractivity contribution in [2.24, 2.45) is 7.05 Å². The second-order valence-electron chi connectivity index (χ2n) is 5.63. The molecule has 1 atom stereocenters. The predicted octanol–water partition coefficient (Wildman–Crippen LogP) is 2.29. The summed E-state index contributed by atoms with van der Waals surface area (Å²) in [5.74, 6) is 0. The van der Waals surface area contributed by atoms with E-state index in [1.54, 1.807) is 23.0 Å². The molecule has 3 rings (SSSR count). The molecule has 1 aliphatic heterocycles. The van der Waals surface area contributed by atoms with Crippen molar-refractivity contribution in [2.45, 2.75) is 39.0 Å². The van der Waals surface area contributed by atoms with Gasteiger partial charge in [0, 0.05) is 49.1 Å². The number of nitrogens with one attached hydrogen (secondary N) is 1. The Morgan fingerprint density at radius 3 is 3.09 bits per heavy atom. The van der Waals surface area contributed by atoms with Gasteiger partial charge in [0.25, 0.3) is 5.56 Å². The molecule has 0 spiro atoms. The number of aryl methyl sites for hydroxylation is 1. The summed E-state index contributed by atoms with van der Waals surface area (Å²) in [4.78, 5) is 17.7. The van der Waals surface area contributed by atoms with Gasteiger partial charge < -0.3 is 14.6 Å². The second kappa shape index (κ2) is 6.73. The van der Waals surface area contributed by atoms with Crippen LogP contribution in [0.3, 0.4) is 0 Å². The molecule has 0 amide bonds. The van der Waals surface area contributed by atoms with Crippen LogP contribution in [0.4, 0.5) is 0 Å². The van der Waals surface area contributed by atoms with Crippen molar-refractivity contribution in [3.8, 4) is 0 Å². The van der Waals surface area contributed by atoms with Crippen LogP contribution in [-0.2, 0) is 24.9 Å². The lowest BCUT2D eigenvalue weighted by Crippen LogP contribution is -2.26. The van der Waals surface area contributed by atoms with Crippen LogP contribution in [-0.4, -0.2) is 16.2 Å². The number of nitrogens with zero attached hydrogens (tertiary/aromatic N) is 2. The summed E-state index contributed by atoms with van der Waals surface area (Å²) in [5.41, 5.74) is 1.83. The maximum atomic E-state index is 12.1. The molecule has 1 saturated heterocycles. The van der Waals surface area contributed by atoms with Gasteiger partial charge in [-0.05, 0) is 25.8 Å². The number of aromatic nitrogens is 2. The van der Waals surface area contributed by atoms with Crippen LogP contribution in [0, 0.1) is 6.92 Å². The van der Waals surface area contributed by atoms with Gasteiger partial charge in [0.1, 0.15) is 11.1 Å². The van der Waals surface area contributed by atoms with Gasteiger partial charge in [-0.15, -0.1) is 11.3 Å². The maximum Gasteiger partial charge on any atom is 0.254 e. The standard InChI is InChI=1S/C16H21N3O2S/c1-11-5-6-12(16(20)19(11)2)8-17-9-13-10-18-15(22-13)14-4-3-7-21-14/h5-6,10,14,17H,3-4,7-9H2,1-2H3. The minimum Gasteiger partial charge on any atom is -0.371 e. The molecule has 3 heterocycles. The van der Waals surface area contributed by atoms with Crippen LogP contribution in [0.1, 0.15) is 40.1 Å². The van der Waals surface area contributed by atoms with Crippen LogP contribution in [0.25, 0.3) is 0 Å². The van der Waals surface area contributed by atoms with E-state index in [2.05, 4.69) is 10.3 Å². The van der Waals surface area contributed by atoms with E-state index in [0.717, 1.165) is 42.3 Å². The number of ether oxygens (including phenoxy) is 1. The normalized spacial score (nSPS) is 18.0. The van der Waals surface area contributed by atoms with Gasteiger partial charge in [-0.1, -0.05) is 6.07 Å². The Kier molecular flexibility index (Phi) is 4.71. The Hall–Kier alpha value is -1.50. The highest BCUT2D eigenvalue weighted by Gasteiger charge is 2.20. The molecule has 2 aromatic heterocycles. The molecular weight excluding hydrogens is 298 g/mol. The molecule has 0 aliphatic carbocycles. The summed E-state index contributed by atoms with van der Waals surface area (Å²) in [6, 6.07) is 3.87. The van der Waals surface area contributed by atoms with E-state index in [1.807, 2.05) is 25.3 Å². The summed E-state index contributed by atoms with van der Waals surface area (Å²) in [6.07, 6.45) is 4.28. The van der Waals surface area contributed by atoms with E-state index in [1.165, 1.54) is 4.88 Å². The minimum absolute atomic E-state index is 0.0665. The molecule has 1 N–H and O–H groups in total. The number of hydrogen-bond acceptors (Lipinski definition) is 5. The number of rotatable bonds is 5. The second-order valence-corrected chi connectivity index (χ2v) is 6.78. The Morgan fingerprint density at radius 2 is 2.32 bits per heavy atom. The topological polar surface area (TPSA) is 56.2 Å². The maximum absolute atomic E-state index is 12.1. The van der Waals surface area contributed by atoms with Crippen LogP contribution in [0.2, 0.25) is 0 Å². The van der Waals surface area contributed by atoms with Gasteiger partial charge in [-0.2, -0.15) is 0 Å². The van der Waals surface area contributed by atoms with Crippen molar-refractivity contribution in [2.75, 3.05) is 6.61 Å². The zero-order chi connectivity index (χ0) is 15.5. The average molecular weight is 319 g/mol. The molecule has 118 valence electrons. The molecule has 1 aliphatic rings. The zero-order valence-electron chi connectivity index (χ0n) is 13.0. The zero-order valence-corrected chi connectivity index (χ0v) is 13.8. The molecule has 0 bridgehead atoms. The summed E-state index contributed by atoms with van der Waals surface area (Å²) in [7, 11) is 1.80. The van der Waals surface area contributed by atoms with Gasteiger partial charge in [-0.3, -0.25) is 4.79 Å². The summed E-state index contributed by atoms with van der Waals surface area (Å²) >= 11 is 1.69. The molecule has 22 heavy (non-hydrogen) atoms. The predicted molar refractivity (Wildman–Crippen MR) is 87.0 cm³/mol. The minimum atomic E-state index is 0.0665. The first-order valence-corrected chi connectivity index (χ1v) is 8.39. The fourth-order valence-electron chi connectivity index (χ4n) is 2.56. The lowest BCUT2D eigenvalue weighted by atomic mass is 10.2. The highest BCUT2D eigenvalue weighted by atomic mass is 32.1. The van der Waals surface area contributed by atoms with Crippen LogP contribution < -0.4 is 10.9 Å². The summed E-state index contributed by atoms with van der Waals surface area (Å²) < 4.78 is 7.33. The molecule has 5 nitrogen and oxygen atoms in total. The number of thiazole rings is 1. The average Bonchev–Trinajstić information content (AvgIpc) is 3.18. The number of pyridine rings is 1. The molecule has 1 fully saturated rings. The van der Waals surface area contributed by atoms with E-state index in [-0.39, 0.29) is 11.7 Å². The monoisotopic (exact) mass is 319 g/mol. The molecule has 0 saturated carbocycles. The SMILES string of the molecule is Cc1ccc(CNCc2cnc(C3CCCO3)s2)c(=O)n1C. The third-order valence-corrected chi connectivity index (χ3v) is 5.11. The van der Waals surface area contributed by atoms with Gasteiger partial charge in [0.05, 0.1) is 0 Å². The van der Waals surface area contributed by atoms with Crippen LogP contribution >= 0.6 is 11.3 Å². The smallest absolute Gasteiger partial charge is 0.254 e.